The van der Waals surface area contributed by atoms with Crippen LogP contribution in [0.3, 0.4) is 0 Å². The lowest BCUT2D eigenvalue weighted by Crippen LogP contribution is -2.14. The summed E-state index contributed by atoms with van der Waals surface area (Å²) in [4.78, 5) is 3.39. The fraction of sp³-hybridized carbons (Fsp3) is 0.364. The van der Waals surface area contributed by atoms with E-state index in [4.69, 9.17) is 5.26 Å². The Morgan fingerprint density at radius 2 is 1.93 bits per heavy atom. The van der Waals surface area contributed by atoms with E-state index in [2.05, 4.69) is 25.1 Å². The molecule has 0 radical (unpaired) electrons. The molecule has 0 atom stereocenters. The first kappa shape index (κ1) is 11.1. The van der Waals surface area contributed by atoms with E-state index >= 15 is 0 Å². The highest BCUT2D eigenvalue weighted by Crippen LogP contribution is 2.17. The predicted octanol–water partition coefficient (Wildman–Crippen LogP) is 2.21. The van der Waals surface area contributed by atoms with E-state index in [0.717, 1.165) is 17.9 Å². The maximum atomic E-state index is 8.61. The zero-order valence-electron chi connectivity index (χ0n) is 8.53. The highest BCUT2D eigenvalue weighted by molar-refractivity contribution is 7.99. The number of nitriles is 1. The molecule has 0 bridgehead atoms. The van der Waals surface area contributed by atoms with Gasteiger partial charge in [-0.25, -0.2) is 0 Å². The standard InChI is InChI=1S/C11H14N2S/c1-13(2)7-8-14-11-5-3-10(9-12)4-6-11/h3-6H,7-8H2,1-2H3. The van der Waals surface area contributed by atoms with Crippen LogP contribution in [0.15, 0.2) is 29.2 Å². The third-order valence-electron chi connectivity index (χ3n) is 1.79. The molecule has 0 aromatic heterocycles. The zero-order chi connectivity index (χ0) is 10.4. The van der Waals surface area contributed by atoms with Crippen molar-refractivity contribution in [2.75, 3.05) is 26.4 Å². The van der Waals surface area contributed by atoms with Crippen LogP contribution in [-0.4, -0.2) is 31.3 Å². The van der Waals surface area contributed by atoms with Gasteiger partial charge in [-0.15, -0.1) is 11.8 Å². The van der Waals surface area contributed by atoms with Crippen LogP contribution in [0.1, 0.15) is 5.56 Å². The van der Waals surface area contributed by atoms with Crippen molar-refractivity contribution in [3.63, 3.8) is 0 Å². The van der Waals surface area contributed by atoms with Crippen molar-refractivity contribution in [2.45, 2.75) is 4.90 Å². The molecule has 0 aliphatic heterocycles. The van der Waals surface area contributed by atoms with Crippen molar-refractivity contribution in [1.82, 2.24) is 4.90 Å². The number of rotatable bonds is 4. The largest absolute Gasteiger partial charge is 0.309 e. The second kappa shape index (κ2) is 5.69. The Hall–Kier alpha value is -0.980. The molecular formula is C11H14N2S. The molecule has 3 heteroatoms. The van der Waals surface area contributed by atoms with Crippen molar-refractivity contribution in [2.24, 2.45) is 0 Å². The maximum Gasteiger partial charge on any atom is 0.0991 e. The number of hydrogen-bond acceptors (Lipinski definition) is 3. The van der Waals surface area contributed by atoms with Gasteiger partial charge in [0, 0.05) is 17.2 Å². The van der Waals surface area contributed by atoms with Crippen LogP contribution in [0.2, 0.25) is 0 Å². The van der Waals surface area contributed by atoms with Gasteiger partial charge in [0.2, 0.25) is 0 Å². The highest BCUT2D eigenvalue weighted by atomic mass is 32.2. The molecule has 0 saturated heterocycles. The number of hydrogen-bond donors (Lipinski definition) is 0. The number of nitrogens with zero attached hydrogens (tertiary/aromatic N) is 2. The van der Waals surface area contributed by atoms with Gasteiger partial charge in [0.15, 0.2) is 0 Å². The van der Waals surface area contributed by atoms with Crippen LogP contribution in [0.25, 0.3) is 0 Å². The lowest BCUT2D eigenvalue weighted by Gasteiger charge is -2.08. The molecule has 0 amide bonds. The first-order chi connectivity index (χ1) is 6.72. The summed E-state index contributed by atoms with van der Waals surface area (Å²) in [6.45, 7) is 1.07. The van der Waals surface area contributed by atoms with Gasteiger partial charge in [-0.2, -0.15) is 5.26 Å². The fourth-order valence-corrected chi connectivity index (χ4v) is 1.99. The topological polar surface area (TPSA) is 27.0 Å². The zero-order valence-corrected chi connectivity index (χ0v) is 9.34. The second-order valence-corrected chi connectivity index (χ2v) is 4.46. The summed E-state index contributed by atoms with van der Waals surface area (Å²) >= 11 is 1.82. The van der Waals surface area contributed by atoms with Gasteiger partial charge >= 0.3 is 0 Å². The maximum absolute atomic E-state index is 8.61. The highest BCUT2D eigenvalue weighted by Gasteiger charge is 1.95. The average Bonchev–Trinajstić information content (AvgIpc) is 2.18. The van der Waals surface area contributed by atoms with Crippen molar-refractivity contribution in [3.05, 3.63) is 29.8 Å². The van der Waals surface area contributed by atoms with Gasteiger partial charge in [0.25, 0.3) is 0 Å². The Morgan fingerprint density at radius 1 is 1.29 bits per heavy atom. The summed E-state index contributed by atoms with van der Waals surface area (Å²) in [7, 11) is 4.14. The molecule has 0 fully saturated rings. The van der Waals surface area contributed by atoms with Crippen LogP contribution in [0.5, 0.6) is 0 Å². The molecule has 14 heavy (non-hydrogen) atoms. The van der Waals surface area contributed by atoms with Crippen LogP contribution in [-0.2, 0) is 0 Å². The van der Waals surface area contributed by atoms with Gasteiger partial charge in [0.1, 0.15) is 0 Å². The molecule has 0 saturated carbocycles. The molecule has 1 aromatic rings. The number of thioether (sulfide) groups is 1. The monoisotopic (exact) mass is 206 g/mol. The third-order valence-corrected chi connectivity index (χ3v) is 2.78. The Labute approximate surface area is 89.5 Å². The van der Waals surface area contributed by atoms with Crippen molar-refractivity contribution >= 4 is 11.8 Å². The van der Waals surface area contributed by atoms with Gasteiger partial charge < -0.3 is 4.90 Å². The summed E-state index contributed by atoms with van der Waals surface area (Å²) in [5.74, 6) is 1.08. The molecule has 0 aliphatic rings. The van der Waals surface area contributed by atoms with Crippen LogP contribution in [0, 0.1) is 11.3 Å². The molecule has 0 unspecified atom stereocenters. The molecule has 1 rings (SSSR count). The Bertz CT molecular complexity index is 311. The smallest absolute Gasteiger partial charge is 0.0991 e. The summed E-state index contributed by atoms with van der Waals surface area (Å²) < 4.78 is 0. The Morgan fingerprint density at radius 3 is 2.43 bits per heavy atom. The van der Waals surface area contributed by atoms with E-state index in [-0.39, 0.29) is 0 Å². The SMILES string of the molecule is CN(C)CCSc1ccc(C#N)cc1. The van der Waals surface area contributed by atoms with E-state index in [1.165, 1.54) is 4.90 Å². The Balaban J connectivity index is 2.41. The molecule has 0 aliphatic carbocycles. The molecule has 0 N–H and O–H groups in total. The minimum Gasteiger partial charge on any atom is -0.309 e. The molecule has 0 spiro atoms. The van der Waals surface area contributed by atoms with Crippen molar-refractivity contribution < 1.29 is 0 Å². The quantitative estimate of drug-likeness (QED) is 0.707. The first-order valence-electron chi connectivity index (χ1n) is 4.50. The molecular weight excluding hydrogens is 192 g/mol. The van der Waals surface area contributed by atoms with E-state index in [0.29, 0.717) is 0 Å². The van der Waals surface area contributed by atoms with Crippen LogP contribution >= 0.6 is 11.8 Å². The summed E-state index contributed by atoms with van der Waals surface area (Å²) in [6, 6.07) is 9.83. The summed E-state index contributed by atoms with van der Waals surface area (Å²) in [6.07, 6.45) is 0. The minimum absolute atomic E-state index is 0.724. The number of benzene rings is 1. The van der Waals surface area contributed by atoms with E-state index < -0.39 is 0 Å². The third kappa shape index (κ3) is 3.82. The molecule has 74 valence electrons. The van der Waals surface area contributed by atoms with E-state index in [1.54, 1.807) is 0 Å². The average molecular weight is 206 g/mol. The summed E-state index contributed by atoms with van der Waals surface area (Å²) in [5.41, 5.74) is 0.724. The lowest BCUT2D eigenvalue weighted by molar-refractivity contribution is 0.437. The normalized spacial score (nSPS) is 10.1. The Kier molecular flexibility index (Phi) is 4.51. The van der Waals surface area contributed by atoms with E-state index in [9.17, 15) is 0 Å². The van der Waals surface area contributed by atoms with Gasteiger partial charge in [-0.3, -0.25) is 0 Å². The summed E-state index contributed by atoms with van der Waals surface area (Å²) in [5, 5.41) is 8.61. The van der Waals surface area contributed by atoms with Crippen molar-refractivity contribution in [3.8, 4) is 6.07 Å². The lowest BCUT2D eigenvalue weighted by atomic mass is 10.2. The molecule has 1 aromatic carbocycles. The molecule has 0 heterocycles. The van der Waals surface area contributed by atoms with Crippen LogP contribution in [0.4, 0.5) is 0 Å². The van der Waals surface area contributed by atoms with Gasteiger partial charge in [0.05, 0.1) is 11.6 Å². The van der Waals surface area contributed by atoms with Gasteiger partial charge in [-0.1, -0.05) is 0 Å². The van der Waals surface area contributed by atoms with Crippen molar-refractivity contribution in [1.29, 1.82) is 5.26 Å². The van der Waals surface area contributed by atoms with Crippen LogP contribution < -0.4 is 0 Å². The first-order valence-corrected chi connectivity index (χ1v) is 5.48. The minimum atomic E-state index is 0.724. The van der Waals surface area contributed by atoms with Gasteiger partial charge in [-0.05, 0) is 38.4 Å². The fourth-order valence-electron chi connectivity index (χ4n) is 0.972. The predicted molar refractivity (Wildman–Crippen MR) is 60.4 cm³/mol. The molecule has 2 nitrogen and oxygen atoms in total. The second-order valence-electron chi connectivity index (χ2n) is 3.29. The van der Waals surface area contributed by atoms with E-state index in [1.807, 2.05) is 36.0 Å².